The van der Waals surface area contributed by atoms with Gasteiger partial charge in [0.1, 0.15) is 0 Å². The monoisotopic (exact) mass is 297 g/mol. The van der Waals surface area contributed by atoms with Crippen molar-refractivity contribution in [3.63, 3.8) is 0 Å². The largest absolute Gasteiger partial charge is 0.389 e. The van der Waals surface area contributed by atoms with Crippen molar-refractivity contribution in [2.45, 2.75) is 45.3 Å². The van der Waals surface area contributed by atoms with Crippen LogP contribution >= 0.6 is 0 Å². The molecular formula is C17H31NO3. The van der Waals surface area contributed by atoms with Crippen LogP contribution < -0.4 is 5.32 Å². The summed E-state index contributed by atoms with van der Waals surface area (Å²) in [5, 5.41) is 13.3. The molecule has 0 amide bonds. The highest BCUT2D eigenvalue weighted by molar-refractivity contribution is 4.93. The molecule has 0 aromatic carbocycles. The van der Waals surface area contributed by atoms with Crippen LogP contribution in [-0.2, 0) is 9.47 Å². The Morgan fingerprint density at radius 2 is 2.10 bits per heavy atom. The Labute approximate surface area is 128 Å². The summed E-state index contributed by atoms with van der Waals surface area (Å²) < 4.78 is 11.2. The van der Waals surface area contributed by atoms with E-state index < -0.39 is 6.10 Å². The summed E-state index contributed by atoms with van der Waals surface area (Å²) in [6.07, 6.45) is 7.80. The van der Waals surface area contributed by atoms with Crippen LogP contribution in [0, 0.1) is 17.8 Å². The quantitative estimate of drug-likeness (QED) is 0.673. The fourth-order valence-electron chi connectivity index (χ4n) is 3.13. The van der Waals surface area contributed by atoms with Gasteiger partial charge in [0.2, 0.25) is 0 Å². The van der Waals surface area contributed by atoms with Gasteiger partial charge in [0.25, 0.3) is 0 Å². The fraction of sp³-hybridized carbons (Fsp3) is 0.882. The van der Waals surface area contributed by atoms with Crippen LogP contribution in [0.15, 0.2) is 12.2 Å². The highest BCUT2D eigenvalue weighted by Gasteiger charge is 2.24. The molecule has 0 aromatic rings. The van der Waals surface area contributed by atoms with Gasteiger partial charge in [-0.1, -0.05) is 19.1 Å². The average Bonchev–Trinajstić information content (AvgIpc) is 2.87. The van der Waals surface area contributed by atoms with Gasteiger partial charge in [-0.15, -0.1) is 0 Å². The lowest BCUT2D eigenvalue weighted by Crippen LogP contribution is -2.35. The maximum Gasteiger partial charge on any atom is 0.0897 e. The molecule has 5 unspecified atom stereocenters. The highest BCUT2D eigenvalue weighted by atomic mass is 16.5. The topological polar surface area (TPSA) is 50.7 Å². The molecule has 0 aromatic heterocycles. The number of aliphatic hydroxyl groups is 1. The Kier molecular flexibility index (Phi) is 7.17. The maximum absolute atomic E-state index is 9.95. The molecule has 1 heterocycles. The molecule has 4 nitrogen and oxygen atoms in total. The Hall–Kier alpha value is -0.420. The lowest BCUT2D eigenvalue weighted by molar-refractivity contribution is 0.0122. The molecular weight excluding hydrogens is 266 g/mol. The smallest absolute Gasteiger partial charge is 0.0897 e. The van der Waals surface area contributed by atoms with Crippen molar-refractivity contribution in [1.29, 1.82) is 0 Å². The lowest BCUT2D eigenvalue weighted by atomic mass is 9.85. The van der Waals surface area contributed by atoms with Crippen LogP contribution in [-0.4, -0.2) is 50.2 Å². The number of aliphatic hydroxyl groups excluding tert-OH is 1. The van der Waals surface area contributed by atoms with E-state index in [2.05, 4.69) is 31.3 Å². The van der Waals surface area contributed by atoms with Crippen LogP contribution in [0.25, 0.3) is 0 Å². The molecule has 1 aliphatic heterocycles. The molecule has 0 bridgehead atoms. The second-order valence-electron chi connectivity index (χ2n) is 6.65. The highest BCUT2D eigenvalue weighted by Crippen LogP contribution is 2.25. The van der Waals surface area contributed by atoms with E-state index in [0.717, 1.165) is 39.0 Å². The normalized spacial score (nSPS) is 34.2. The summed E-state index contributed by atoms with van der Waals surface area (Å²) in [4.78, 5) is 0. The van der Waals surface area contributed by atoms with Crippen molar-refractivity contribution < 1.29 is 14.6 Å². The molecule has 0 saturated carbocycles. The van der Waals surface area contributed by atoms with Crippen molar-refractivity contribution in [2.24, 2.45) is 17.8 Å². The van der Waals surface area contributed by atoms with Gasteiger partial charge in [-0.05, 0) is 43.9 Å². The second-order valence-corrected chi connectivity index (χ2v) is 6.65. The van der Waals surface area contributed by atoms with E-state index in [4.69, 9.17) is 9.47 Å². The van der Waals surface area contributed by atoms with Crippen molar-refractivity contribution in [2.75, 3.05) is 32.9 Å². The number of hydrogen-bond donors (Lipinski definition) is 2. The molecule has 2 aliphatic rings. The molecule has 2 N–H and O–H groups in total. The van der Waals surface area contributed by atoms with Crippen molar-refractivity contribution in [3.8, 4) is 0 Å². The Morgan fingerprint density at radius 1 is 1.29 bits per heavy atom. The number of ether oxygens (including phenoxy) is 2. The third-order valence-corrected chi connectivity index (χ3v) is 4.88. The van der Waals surface area contributed by atoms with Gasteiger partial charge in [-0.3, -0.25) is 0 Å². The van der Waals surface area contributed by atoms with E-state index in [1.54, 1.807) is 0 Å². The van der Waals surface area contributed by atoms with Gasteiger partial charge in [0, 0.05) is 19.7 Å². The van der Waals surface area contributed by atoms with Crippen molar-refractivity contribution in [3.05, 3.63) is 12.2 Å². The van der Waals surface area contributed by atoms with Crippen LogP contribution in [0.4, 0.5) is 0 Å². The van der Waals surface area contributed by atoms with Gasteiger partial charge >= 0.3 is 0 Å². The summed E-state index contributed by atoms with van der Waals surface area (Å²) in [6, 6.07) is 0. The number of hydrogen-bond acceptors (Lipinski definition) is 4. The SMILES string of the molecule is CC1CC=CCC1COCC(O)CNCC1CCOC1C. The first-order valence-electron chi connectivity index (χ1n) is 8.40. The van der Waals surface area contributed by atoms with Crippen LogP contribution in [0.2, 0.25) is 0 Å². The Bertz CT molecular complexity index is 321. The second kappa shape index (κ2) is 8.89. The molecule has 4 heteroatoms. The predicted molar refractivity (Wildman–Crippen MR) is 84.2 cm³/mol. The standard InChI is InChI=1S/C17H31NO3/c1-13-5-3-4-6-16(13)11-20-12-17(19)10-18-9-15-7-8-21-14(15)2/h3-4,13-19H,5-12H2,1-2H3. The first-order valence-corrected chi connectivity index (χ1v) is 8.40. The van der Waals surface area contributed by atoms with Gasteiger partial charge in [-0.25, -0.2) is 0 Å². The minimum atomic E-state index is -0.419. The minimum Gasteiger partial charge on any atom is -0.389 e. The molecule has 1 fully saturated rings. The van der Waals surface area contributed by atoms with Gasteiger partial charge in [0.15, 0.2) is 0 Å². The zero-order chi connectivity index (χ0) is 15.1. The molecule has 1 aliphatic carbocycles. The van der Waals surface area contributed by atoms with E-state index in [0.29, 0.717) is 37.0 Å². The average molecular weight is 297 g/mol. The first kappa shape index (κ1) is 16.9. The summed E-state index contributed by atoms with van der Waals surface area (Å²) in [6.45, 7) is 7.98. The summed E-state index contributed by atoms with van der Waals surface area (Å²) in [7, 11) is 0. The fourth-order valence-corrected chi connectivity index (χ4v) is 3.13. The van der Waals surface area contributed by atoms with E-state index >= 15 is 0 Å². The summed E-state index contributed by atoms with van der Waals surface area (Å²) in [5.74, 6) is 1.87. The zero-order valence-corrected chi connectivity index (χ0v) is 13.5. The molecule has 5 atom stereocenters. The van der Waals surface area contributed by atoms with E-state index in [1.807, 2.05) is 0 Å². The summed E-state index contributed by atoms with van der Waals surface area (Å²) >= 11 is 0. The van der Waals surface area contributed by atoms with Crippen LogP contribution in [0.5, 0.6) is 0 Å². The molecule has 122 valence electrons. The minimum absolute atomic E-state index is 0.340. The molecule has 2 rings (SSSR count). The molecule has 0 radical (unpaired) electrons. The maximum atomic E-state index is 9.95. The number of allylic oxidation sites excluding steroid dienone is 2. The van der Waals surface area contributed by atoms with E-state index in [9.17, 15) is 5.11 Å². The van der Waals surface area contributed by atoms with Crippen molar-refractivity contribution in [1.82, 2.24) is 5.32 Å². The van der Waals surface area contributed by atoms with Crippen LogP contribution in [0.3, 0.4) is 0 Å². The van der Waals surface area contributed by atoms with Gasteiger partial charge in [-0.2, -0.15) is 0 Å². The third-order valence-electron chi connectivity index (χ3n) is 4.88. The summed E-state index contributed by atoms with van der Waals surface area (Å²) in [5.41, 5.74) is 0. The number of rotatable bonds is 8. The predicted octanol–water partition coefficient (Wildman–Crippen LogP) is 1.98. The third kappa shape index (κ3) is 5.70. The molecule has 1 saturated heterocycles. The number of nitrogens with one attached hydrogen (secondary N) is 1. The lowest BCUT2D eigenvalue weighted by Gasteiger charge is -2.25. The molecule has 0 spiro atoms. The molecule has 21 heavy (non-hydrogen) atoms. The van der Waals surface area contributed by atoms with Crippen LogP contribution in [0.1, 0.15) is 33.1 Å². The Morgan fingerprint density at radius 3 is 2.81 bits per heavy atom. The van der Waals surface area contributed by atoms with Gasteiger partial charge < -0.3 is 19.9 Å². The zero-order valence-electron chi connectivity index (χ0n) is 13.5. The van der Waals surface area contributed by atoms with E-state index in [1.165, 1.54) is 0 Å². The first-order chi connectivity index (χ1) is 10.2. The Balaban J connectivity index is 1.51. The van der Waals surface area contributed by atoms with E-state index in [-0.39, 0.29) is 0 Å². The van der Waals surface area contributed by atoms with Gasteiger partial charge in [0.05, 0.1) is 25.4 Å². The van der Waals surface area contributed by atoms with Crippen molar-refractivity contribution >= 4 is 0 Å².